The molecule has 11 heteroatoms. The number of hydrogen-bond donors (Lipinski definition) is 1. The molecule has 9 nitrogen and oxygen atoms in total. The van der Waals surface area contributed by atoms with Gasteiger partial charge in [-0.2, -0.15) is 13.8 Å². The van der Waals surface area contributed by atoms with Crippen molar-refractivity contribution in [1.29, 1.82) is 0 Å². The van der Waals surface area contributed by atoms with Gasteiger partial charge >= 0.3 is 6.61 Å². The van der Waals surface area contributed by atoms with E-state index in [4.69, 9.17) is 20.4 Å². The molecule has 1 aliphatic carbocycles. The minimum absolute atomic E-state index is 0.0756. The summed E-state index contributed by atoms with van der Waals surface area (Å²) in [5, 5.41) is 0. The van der Waals surface area contributed by atoms with E-state index in [1.54, 1.807) is 6.20 Å². The summed E-state index contributed by atoms with van der Waals surface area (Å²) in [6, 6.07) is 4.35. The van der Waals surface area contributed by atoms with E-state index in [-0.39, 0.29) is 11.6 Å². The first-order valence-electron chi connectivity index (χ1n) is 12.5. The Balaban J connectivity index is 1.33. The van der Waals surface area contributed by atoms with Crippen molar-refractivity contribution in [3.8, 4) is 17.0 Å². The average Bonchev–Trinajstić information content (AvgIpc) is 3.63. The second-order valence-corrected chi connectivity index (χ2v) is 9.92. The lowest BCUT2D eigenvalue weighted by molar-refractivity contribution is -0.0494. The summed E-state index contributed by atoms with van der Waals surface area (Å²) >= 11 is 0. The van der Waals surface area contributed by atoms with Gasteiger partial charge in [-0.3, -0.25) is 4.90 Å². The van der Waals surface area contributed by atoms with Crippen molar-refractivity contribution in [2.45, 2.75) is 44.4 Å². The molecule has 4 fully saturated rings. The zero-order chi connectivity index (χ0) is 23.9. The second kappa shape index (κ2) is 9.34. The number of nitrogens with two attached hydrogens (primary N) is 1. The Morgan fingerprint density at radius 3 is 2.63 bits per heavy atom. The van der Waals surface area contributed by atoms with Gasteiger partial charge in [-0.05, 0) is 37.7 Å². The van der Waals surface area contributed by atoms with Crippen LogP contribution in [0.4, 0.5) is 26.4 Å². The number of ether oxygens (including phenoxy) is 2. The molecule has 3 atom stereocenters. The van der Waals surface area contributed by atoms with Crippen LogP contribution in [0.1, 0.15) is 25.7 Å². The smallest absolute Gasteiger partial charge is 0.387 e. The van der Waals surface area contributed by atoms with E-state index in [0.29, 0.717) is 35.2 Å². The van der Waals surface area contributed by atoms with Gasteiger partial charge in [0.15, 0.2) is 11.6 Å². The van der Waals surface area contributed by atoms with Gasteiger partial charge in [0.1, 0.15) is 5.82 Å². The molecule has 3 aliphatic heterocycles. The van der Waals surface area contributed by atoms with Crippen LogP contribution >= 0.6 is 0 Å². The molecule has 2 N–H and O–H groups in total. The van der Waals surface area contributed by atoms with E-state index in [9.17, 15) is 8.78 Å². The second-order valence-electron chi connectivity index (χ2n) is 9.92. The van der Waals surface area contributed by atoms with E-state index in [2.05, 4.69) is 24.4 Å². The van der Waals surface area contributed by atoms with Crippen LogP contribution in [-0.2, 0) is 4.74 Å². The molecule has 3 saturated heterocycles. The largest absolute Gasteiger partial charge is 0.431 e. The fourth-order valence-electron chi connectivity index (χ4n) is 6.01. The van der Waals surface area contributed by atoms with Crippen LogP contribution in [0.2, 0.25) is 0 Å². The standard InChI is InChI=1S/C24H31F2N7O2/c25-23(26)35-20-10-16(12-28-22(20)27)19-11-21(30-24(29-19)33-13-15-1-2-17(33)9-15)32-4-3-18(14-32)31-5-7-34-8-6-31/h10-12,15,17-18,23H,1-9,13-14H2,(H2,27,28). The third-order valence-corrected chi connectivity index (χ3v) is 7.81. The third-order valence-electron chi connectivity index (χ3n) is 7.81. The number of nitrogen functional groups attached to an aromatic ring is 1. The molecule has 2 bridgehead atoms. The molecule has 3 unspecified atom stereocenters. The van der Waals surface area contributed by atoms with Crippen LogP contribution in [0.3, 0.4) is 0 Å². The Kier molecular flexibility index (Phi) is 6.05. The fourth-order valence-corrected chi connectivity index (χ4v) is 6.01. The number of morpholine rings is 1. The highest BCUT2D eigenvalue weighted by Gasteiger charge is 2.39. The van der Waals surface area contributed by atoms with Gasteiger partial charge < -0.3 is 25.0 Å². The quantitative estimate of drug-likeness (QED) is 0.660. The molecule has 188 valence electrons. The topological polar surface area (TPSA) is 92.9 Å². The number of anilines is 3. The van der Waals surface area contributed by atoms with Crippen molar-refractivity contribution in [2.24, 2.45) is 5.92 Å². The zero-order valence-electron chi connectivity index (χ0n) is 19.7. The Morgan fingerprint density at radius 1 is 1.03 bits per heavy atom. The minimum Gasteiger partial charge on any atom is -0.431 e. The summed E-state index contributed by atoms with van der Waals surface area (Å²) in [6.07, 6.45) is 6.23. The number of hydrogen-bond acceptors (Lipinski definition) is 9. The molecule has 35 heavy (non-hydrogen) atoms. The SMILES string of the molecule is Nc1ncc(-c2cc(N3CCC(N4CCOCC4)C3)nc(N3CC4CCC3C4)n2)cc1OC(F)F. The molecule has 1 saturated carbocycles. The molecule has 6 rings (SSSR count). The zero-order valence-corrected chi connectivity index (χ0v) is 19.7. The molecule has 0 spiro atoms. The van der Waals surface area contributed by atoms with Crippen LogP contribution in [-0.4, -0.2) is 84.5 Å². The lowest BCUT2D eigenvalue weighted by Gasteiger charge is -2.32. The highest BCUT2D eigenvalue weighted by Crippen LogP contribution is 2.40. The van der Waals surface area contributed by atoms with E-state index in [0.717, 1.165) is 64.6 Å². The van der Waals surface area contributed by atoms with E-state index in [1.807, 2.05) is 6.07 Å². The number of alkyl halides is 2. The molecule has 0 radical (unpaired) electrons. The van der Waals surface area contributed by atoms with Crippen molar-refractivity contribution in [2.75, 3.05) is 61.5 Å². The van der Waals surface area contributed by atoms with Crippen molar-refractivity contribution in [3.63, 3.8) is 0 Å². The Hall–Kier alpha value is -2.79. The fraction of sp³-hybridized carbons (Fsp3) is 0.625. The molecule has 2 aromatic heterocycles. The normalized spacial score (nSPS) is 26.8. The maximum absolute atomic E-state index is 12.9. The lowest BCUT2D eigenvalue weighted by atomic mass is 10.1. The van der Waals surface area contributed by atoms with Gasteiger partial charge in [-0.15, -0.1) is 0 Å². The highest BCUT2D eigenvalue weighted by molar-refractivity contribution is 5.68. The van der Waals surface area contributed by atoms with Crippen LogP contribution in [0, 0.1) is 5.92 Å². The average molecular weight is 488 g/mol. The van der Waals surface area contributed by atoms with Crippen molar-refractivity contribution in [1.82, 2.24) is 19.9 Å². The number of nitrogens with zero attached hydrogens (tertiary/aromatic N) is 6. The Bertz CT molecular complexity index is 1070. The Morgan fingerprint density at radius 2 is 1.89 bits per heavy atom. The molecular weight excluding hydrogens is 456 g/mol. The van der Waals surface area contributed by atoms with Gasteiger partial charge in [0.2, 0.25) is 5.95 Å². The van der Waals surface area contributed by atoms with Gasteiger partial charge in [0.05, 0.1) is 18.9 Å². The van der Waals surface area contributed by atoms with E-state index < -0.39 is 6.61 Å². The summed E-state index contributed by atoms with van der Waals surface area (Å²) in [6.45, 7) is 3.26. The molecule has 5 heterocycles. The molecule has 0 amide bonds. The summed E-state index contributed by atoms with van der Waals surface area (Å²) in [5.41, 5.74) is 6.98. The van der Waals surface area contributed by atoms with Crippen LogP contribution in [0.15, 0.2) is 18.3 Å². The highest BCUT2D eigenvalue weighted by atomic mass is 19.3. The summed E-state index contributed by atoms with van der Waals surface area (Å²) in [5.74, 6) is 2.03. The van der Waals surface area contributed by atoms with Gasteiger partial charge in [0.25, 0.3) is 0 Å². The number of rotatable bonds is 6. The van der Waals surface area contributed by atoms with Gasteiger partial charge in [-0.1, -0.05) is 0 Å². The number of aromatic nitrogens is 3. The summed E-state index contributed by atoms with van der Waals surface area (Å²) < 4.78 is 35.9. The monoisotopic (exact) mass is 487 g/mol. The molecule has 4 aliphatic rings. The van der Waals surface area contributed by atoms with Crippen LogP contribution < -0.4 is 20.3 Å². The number of fused-ring (bicyclic) bond motifs is 2. The number of halogens is 2. The number of piperidine rings is 1. The lowest BCUT2D eigenvalue weighted by Crippen LogP contribution is -2.44. The van der Waals surface area contributed by atoms with E-state index in [1.165, 1.54) is 18.9 Å². The van der Waals surface area contributed by atoms with E-state index >= 15 is 0 Å². The molecule has 2 aromatic rings. The maximum Gasteiger partial charge on any atom is 0.387 e. The van der Waals surface area contributed by atoms with Crippen molar-refractivity contribution < 1.29 is 18.3 Å². The minimum atomic E-state index is -2.98. The van der Waals surface area contributed by atoms with Gasteiger partial charge in [-0.25, -0.2) is 9.97 Å². The maximum atomic E-state index is 12.9. The van der Waals surface area contributed by atoms with Crippen molar-refractivity contribution in [3.05, 3.63) is 18.3 Å². The Labute approximate surface area is 203 Å². The predicted molar refractivity (Wildman–Crippen MR) is 128 cm³/mol. The predicted octanol–water partition coefficient (Wildman–Crippen LogP) is 2.62. The van der Waals surface area contributed by atoms with Crippen molar-refractivity contribution >= 4 is 17.6 Å². The third kappa shape index (κ3) is 4.58. The first-order chi connectivity index (χ1) is 17.0. The van der Waals surface area contributed by atoms with Crippen LogP contribution in [0.25, 0.3) is 11.3 Å². The molecule has 0 aromatic carbocycles. The summed E-state index contributed by atoms with van der Waals surface area (Å²) in [4.78, 5) is 21.1. The summed E-state index contributed by atoms with van der Waals surface area (Å²) in [7, 11) is 0. The molecular formula is C24H31F2N7O2. The van der Waals surface area contributed by atoms with Gasteiger partial charge in [0, 0.05) is 62.6 Å². The van der Waals surface area contributed by atoms with Crippen LogP contribution in [0.5, 0.6) is 5.75 Å². The first-order valence-corrected chi connectivity index (χ1v) is 12.5. The first kappa shape index (κ1) is 22.7. The number of pyridine rings is 1.